The second kappa shape index (κ2) is 6.11. The zero-order valence-corrected chi connectivity index (χ0v) is 14.8. The Morgan fingerprint density at radius 1 is 1.22 bits per heavy atom. The molecular formula is C20H18F3N3O. The molecule has 0 saturated carbocycles. The number of amides is 1. The van der Waals surface area contributed by atoms with Crippen molar-refractivity contribution >= 4 is 22.6 Å². The normalized spacial score (nSPS) is 17.0. The van der Waals surface area contributed by atoms with Gasteiger partial charge in [0, 0.05) is 18.0 Å². The van der Waals surface area contributed by atoms with Gasteiger partial charge < -0.3 is 9.88 Å². The van der Waals surface area contributed by atoms with E-state index in [1.807, 2.05) is 38.1 Å². The predicted molar refractivity (Wildman–Crippen MR) is 96.3 cm³/mol. The van der Waals surface area contributed by atoms with Crippen LogP contribution >= 0.6 is 0 Å². The Balaban J connectivity index is 1.79. The first kappa shape index (κ1) is 17.6. The lowest BCUT2D eigenvalue weighted by Gasteiger charge is -2.26. The van der Waals surface area contributed by atoms with E-state index in [1.54, 1.807) is 4.90 Å². The molecule has 3 aromatic rings. The van der Waals surface area contributed by atoms with E-state index >= 15 is 0 Å². The van der Waals surface area contributed by atoms with Gasteiger partial charge in [-0.1, -0.05) is 32.0 Å². The number of H-pyrrole nitrogens is 1. The van der Waals surface area contributed by atoms with Crippen LogP contribution in [0.15, 0.2) is 42.5 Å². The summed E-state index contributed by atoms with van der Waals surface area (Å²) in [6.07, 6.45) is -3.84. The summed E-state index contributed by atoms with van der Waals surface area (Å²) >= 11 is 0. The number of hydrogen-bond acceptors (Lipinski definition) is 2. The second-order valence-electron chi connectivity index (χ2n) is 7.06. The Morgan fingerprint density at radius 3 is 2.67 bits per heavy atom. The molecule has 2 heterocycles. The van der Waals surface area contributed by atoms with Crippen molar-refractivity contribution in [3.05, 3.63) is 59.4 Å². The number of halogens is 3. The average molecular weight is 373 g/mol. The number of nitrogens with zero attached hydrogens (tertiary/aromatic N) is 2. The molecule has 0 aliphatic carbocycles. The molecule has 1 aromatic heterocycles. The standard InChI is InChI=1S/C20H18F3N3O/c1-11(2)19(27)26-16-6-4-3-5-12(16)9-17(26)18-24-14-8-7-13(20(21,22)23)10-15(14)25-18/h3-8,10-11,17H,9H2,1-2H3,(H,24,25). The van der Waals surface area contributed by atoms with Gasteiger partial charge in [0.05, 0.1) is 22.6 Å². The Hall–Kier alpha value is -2.83. The smallest absolute Gasteiger partial charge is 0.340 e. The summed E-state index contributed by atoms with van der Waals surface area (Å²) in [7, 11) is 0. The summed E-state index contributed by atoms with van der Waals surface area (Å²) in [5.41, 5.74) is 1.89. The quantitative estimate of drug-likeness (QED) is 0.697. The molecule has 0 fully saturated rings. The Morgan fingerprint density at radius 2 is 1.96 bits per heavy atom. The van der Waals surface area contributed by atoms with Crippen LogP contribution in [0.4, 0.5) is 18.9 Å². The van der Waals surface area contributed by atoms with Crippen LogP contribution in [0.5, 0.6) is 0 Å². The van der Waals surface area contributed by atoms with Gasteiger partial charge in [-0.3, -0.25) is 4.79 Å². The third-order valence-corrected chi connectivity index (χ3v) is 4.85. The second-order valence-corrected chi connectivity index (χ2v) is 7.06. The predicted octanol–water partition coefficient (Wildman–Crippen LogP) is 4.87. The average Bonchev–Trinajstić information content (AvgIpc) is 3.20. The first-order valence-electron chi connectivity index (χ1n) is 8.73. The van der Waals surface area contributed by atoms with Crippen molar-refractivity contribution in [3.8, 4) is 0 Å². The number of para-hydroxylation sites is 1. The zero-order valence-electron chi connectivity index (χ0n) is 14.8. The zero-order chi connectivity index (χ0) is 19.3. The van der Waals surface area contributed by atoms with Crippen LogP contribution in [-0.4, -0.2) is 15.9 Å². The first-order valence-corrected chi connectivity index (χ1v) is 8.73. The summed E-state index contributed by atoms with van der Waals surface area (Å²) in [6.45, 7) is 3.66. The number of imidazole rings is 1. The summed E-state index contributed by atoms with van der Waals surface area (Å²) in [5, 5.41) is 0. The van der Waals surface area contributed by atoms with Crippen LogP contribution in [0.3, 0.4) is 0 Å². The van der Waals surface area contributed by atoms with E-state index in [0.717, 1.165) is 23.4 Å². The molecular weight excluding hydrogens is 355 g/mol. The minimum Gasteiger partial charge on any atom is -0.340 e. The molecule has 0 saturated heterocycles. The van der Waals surface area contributed by atoms with Crippen LogP contribution in [0.2, 0.25) is 0 Å². The minimum absolute atomic E-state index is 0.0404. The van der Waals surface area contributed by atoms with Gasteiger partial charge in [0.15, 0.2) is 0 Å². The highest BCUT2D eigenvalue weighted by Crippen LogP contribution is 2.41. The van der Waals surface area contributed by atoms with Gasteiger partial charge in [-0.25, -0.2) is 4.98 Å². The van der Waals surface area contributed by atoms with E-state index in [-0.39, 0.29) is 17.9 Å². The van der Waals surface area contributed by atoms with E-state index in [2.05, 4.69) is 9.97 Å². The maximum Gasteiger partial charge on any atom is 0.416 e. The highest BCUT2D eigenvalue weighted by molar-refractivity contribution is 5.97. The van der Waals surface area contributed by atoms with Gasteiger partial charge in [-0.05, 0) is 29.8 Å². The van der Waals surface area contributed by atoms with Gasteiger partial charge >= 0.3 is 6.18 Å². The van der Waals surface area contributed by atoms with Crippen molar-refractivity contribution in [2.75, 3.05) is 4.90 Å². The highest BCUT2D eigenvalue weighted by atomic mass is 19.4. The third-order valence-electron chi connectivity index (χ3n) is 4.85. The van der Waals surface area contributed by atoms with Crippen molar-refractivity contribution in [3.63, 3.8) is 0 Å². The third kappa shape index (κ3) is 2.97. The molecule has 7 heteroatoms. The largest absolute Gasteiger partial charge is 0.416 e. The minimum atomic E-state index is -4.41. The molecule has 4 nitrogen and oxygen atoms in total. The lowest BCUT2D eigenvalue weighted by molar-refractivity contribution is -0.137. The topological polar surface area (TPSA) is 49.0 Å². The van der Waals surface area contributed by atoms with E-state index in [0.29, 0.717) is 23.3 Å². The fourth-order valence-corrected chi connectivity index (χ4v) is 3.52. The first-order chi connectivity index (χ1) is 12.8. The molecule has 4 rings (SSSR count). The Bertz CT molecular complexity index is 1020. The molecule has 1 unspecified atom stereocenters. The summed E-state index contributed by atoms with van der Waals surface area (Å²) in [5.74, 6) is 0.246. The maximum absolute atomic E-state index is 13.0. The van der Waals surface area contributed by atoms with Crippen molar-refractivity contribution < 1.29 is 18.0 Å². The number of aromatic amines is 1. The fourth-order valence-electron chi connectivity index (χ4n) is 3.52. The van der Waals surface area contributed by atoms with E-state index in [9.17, 15) is 18.0 Å². The Kier molecular flexibility index (Phi) is 3.98. The van der Waals surface area contributed by atoms with E-state index < -0.39 is 11.7 Å². The number of benzene rings is 2. The number of carbonyl (C=O) groups excluding carboxylic acids is 1. The number of nitrogens with one attached hydrogen (secondary N) is 1. The number of alkyl halides is 3. The number of fused-ring (bicyclic) bond motifs is 2. The number of anilines is 1. The number of hydrogen-bond donors (Lipinski definition) is 1. The summed E-state index contributed by atoms with van der Waals surface area (Å²) in [4.78, 5) is 22.0. The van der Waals surface area contributed by atoms with Gasteiger partial charge in [-0.2, -0.15) is 13.2 Å². The van der Waals surface area contributed by atoms with Crippen LogP contribution in [0.1, 0.15) is 36.8 Å². The van der Waals surface area contributed by atoms with Crippen LogP contribution in [0.25, 0.3) is 11.0 Å². The van der Waals surface area contributed by atoms with Crippen molar-refractivity contribution in [2.24, 2.45) is 5.92 Å². The van der Waals surface area contributed by atoms with Gasteiger partial charge in [0.2, 0.25) is 5.91 Å². The lowest BCUT2D eigenvalue weighted by Crippen LogP contribution is -2.35. The maximum atomic E-state index is 13.0. The molecule has 0 radical (unpaired) electrons. The summed E-state index contributed by atoms with van der Waals surface area (Å²) in [6, 6.07) is 10.7. The van der Waals surface area contributed by atoms with E-state index in [1.165, 1.54) is 6.07 Å². The molecule has 1 aliphatic heterocycles. The van der Waals surface area contributed by atoms with Crippen molar-refractivity contribution in [1.29, 1.82) is 0 Å². The van der Waals surface area contributed by atoms with Crippen LogP contribution in [-0.2, 0) is 17.4 Å². The lowest BCUT2D eigenvalue weighted by atomic mass is 10.1. The van der Waals surface area contributed by atoms with Gasteiger partial charge in [0.25, 0.3) is 0 Å². The molecule has 1 amide bonds. The monoisotopic (exact) mass is 373 g/mol. The van der Waals surface area contributed by atoms with E-state index in [4.69, 9.17) is 0 Å². The molecule has 27 heavy (non-hydrogen) atoms. The molecule has 1 atom stereocenters. The highest BCUT2D eigenvalue weighted by Gasteiger charge is 2.37. The molecule has 1 N–H and O–H groups in total. The molecule has 2 aromatic carbocycles. The molecule has 1 aliphatic rings. The van der Waals surface area contributed by atoms with Crippen molar-refractivity contribution in [1.82, 2.24) is 9.97 Å². The number of rotatable bonds is 2. The number of aromatic nitrogens is 2. The van der Waals surface area contributed by atoms with Crippen LogP contribution in [0, 0.1) is 5.92 Å². The molecule has 0 spiro atoms. The van der Waals surface area contributed by atoms with Gasteiger partial charge in [-0.15, -0.1) is 0 Å². The molecule has 140 valence electrons. The van der Waals surface area contributed by atoms with Gasteiger partial charge in [0.1, 0.15) is 5.82 Å². The SMILES string of the molecule is CC(C)C(=O)N1c2ccccc2CC1c1nc2ccc(C(F)(F)F)cc2[nH]1. The van der Waals surface area contributed by atoms with Crippen LogP contribution < -0.4 is 4.90 Å². The summed E-state index contributed by atoms with van der Waals surface area (Å²) < 4.78 is 38.9. The Labute approximate surface area is 154 Å². The van der Waals surface area contributed by atoms with Crippen molar-refractivity contribution in [2.45, 2.75) is 32.5 Å². The number of carbonyl (C=O) groups is 1. The molecule has 0 bridgehead atoms. The fraction of sp³-hybridized carbons (Fsp3) is 0.300.